The van der Waals surface area contributed by atoms with Crippen LogP contribution in [-0.4, -0.2) is 71.9 Å². The van der Waals surface area contributed by atoms with Gasteiger partial charge in [-0.15, -0.1) is 10.2 Å². The molecular weight excluding hydrogens is 555 g/mol. The zero-order chi connectivity index (χ0) is 28.5. The highest BCUT2D eigenvalue weighted by atomic mass is 32.2. The Bertz CT molecular complexity index is 1400. The number of sulfone groups is 1. The summed E-state index contributed by atoms with van der Waals surface area (Å²) in [6.07, 6.45) is 3.31. The van der Waals surface area contributed by atoms with Crippen LogP contribution in [0.2, 0.25) is 0 Å². The van der Waals surface area contributed by atoms with E-state index in [0.717, 1.165) is 24.8 Å². The molecule has 40 heavy (non-hydrogen) atoms. The Hall–Kier alpha value is -2.95. The third kappa shape index (κ3) is 5.89. The van der Waals surface area contributed by atoms with Gasteiger partial charge in [-0.25, -0.2) is 12.8 Å². The molecule has 4 fully saturated rings. The van der Waals surface area contributed by atoms with Gasteiger partial charge in [-0.2, -0.15) is 5.26 Å². The molecule has 6 rings (SSSR count). The monoisotopic (exact) mass is 588 g/mol. The molecule has 1 aliphatic heterocycles. The summed E-state index contributed by atoms with van der Waals surface area (Å²) in [7, 11) is -3.45. The normalized spacial score (nSPS) is 27.9. The van der Waals surface area contributed by atoms with Gasteiger partial charge in [0.05, 0.1) is 29.8 Å². The van der Waals surface area contributed by atoms with E-state index in [4.69, 9.17) is 0 Å². The van der Waals surface area contributed by atoms with Crippen molar-refractivity contribution in [2.75, 3.05) is 24.2 Å². The summed E-state index contributed by atoms with van der Waals surface area (Å²) in [6, 6.07) is 8.04. The molecule has 2 N–H and O–H groups in total. The van der Waals surface area contributed by atoms with Crippen molar-refractivity contribution in [2.24, 2.45) is 5.41 Å². The first-order valence-corrected chi connectivity index (χ1v) is 16.0. The van der Waals surface area contributed by atoms with Crippen LogP contribution in [0.5, 0.6) is 0 Å². The van der Waals surface area contributed by atoms with E-state index in [1.54, 1.807) is 24.3 Å². The van der Waals surface area contributed by atoms with Crippen molar-refractivity contribution in [3.8, 4) is 6.07 Å². The molecule has 3 saturated carbocycles. The van der Waals surface area contributed by atoms with E-state index in [-0.39, 0.29) is 53.9 Å². The molecule has 2 bridgehead atoms. The molecule has 214 valence electrons. The van der Waals surface area contributed by atoms with E-state index < -0.39 is 27.5 Å². The van der Waals surface area contributed by atoms with Gasteiger partial charge < -0.3 is 15.5 Å². The van der Waals surface area contributed by atoms with Gasteiger partial charge in [0.1, 0.15) is 17.2 Å². The average molecular weight is 589 g/mol. The number of halogens is 1. The van der Waals surface area contributed by atoms with Crippen molar-refractivity contribution in [3.05, 3.63) is 34.8 Å². The molecule has 0 radical (unpaired) electrons. The van der Waals surface area contributed by atoms with Crippen LogP contribution in [0.4, 0.5) is 9.52 Å². The van der Waals surface area contributed by atoms with Crippen molar-refractivity contribution in [1.29, 1.82) is 5.26 Å². The second-order valence-corrected chi connectivity index (χ2v) is 14.4. The van der Waals surface area contributed by atoms with E-state index >= 15 is 0 Å². The van der Waals surface area contributed by atoms with Crippen molar-refractivity contribution < 1.29 is 22.4 Å². The number of likely N-dealkylation sites (tertiary alicyclic amines) is 1. The molecule has 1 aromatic heterocycles. The van der Waals surface area contributed by atoms with Gasteiger partial charge in [0, 0.05) is 23.8 Å². The molecule has 10 nitrogen and oxygen atoms in total. The Morgan fingerprint density at radius 2 is 1.82 bits per heavy atom. The lowest BCUT2D eigenvalue weighted by molar-refractivity contribution is -0.135. The summed E-state index contributed by atoms with van der Waals surface area (Å²) >= 11 is 1.19. The van der Waals surface area contributed by atoms with E-state index in [9.17, 15) is 27.7 Å². The van der Waals surface area contributed by atoms with Gasteiger partial charge in [0.15, 0.2) is 9.84 Å². The van der Waals surface area contributed by atoms with Crippen molar-refractivity contribution in [3.63, 3.8) is 0 Å². The molecule has 2 amide bonds. The number of aryl methyl sites for hydroxylation is 2. The maximum atomic E-state index is 13.7. The first-order chi connectivity index (χ1) is 19.0. The number of hydrogen-bond acceptors (Lipinski definition) is 9. The third-order valence-corrected chi connectivity index (χ3v) is 11.3. The number of anilines is 1. The Morgan fingerprint density at radius 1 is 1.15 bits per heavy atom. The maximum Gasteiger partial charge on any atom is 0.237 e. The SMILES string of the molecule is Cc1ccc(S(=O)(=O)CCc2nnc(NC(=O)C34CCC(NCC(=O)N5C[C@@H](F)C[C@H]5C#N)(CC3)CC4)s2)cc1. The molecule has 13 heteroatoms. The maximum absolute atomic E-state index is 13.7. The molecule has 1 aromatic carbocycles. The molecular formula is C27H33FN6O4S2. The van der Waals surface area contributed by atoms with Crippen LogP contribution in [0.3, 0.4) is 0 Å². The number of aromatic nitrogens is 2. The summed E-state index contributed by atoms with van der Waals surface area (Å²) in [5, 5.41) is 24.6. The van der Waals surface area contributed by atoms with Crippen LogP contribution in [0.25, 0.3) is 0 Å². The fourth-order valence-corrected chi connectivity index (χ4v) is 8.17. The lowest BCUT2D eigenvalue weighted by atomic mass is 9.57. The average Bonchev–Trinajstić information content (AvgIpc) is 3.57. The van der Waals surface area contributed by atoms with Crippen LogP contribution in [-0.2, 0) is 25.8 Å². The number of nitrogens with one attached hydrogen (secondary N) is 2. The molecule has 3 aliphatic carbocycles. The Balaban J connectivity index is 1.11. The molecule has 2 aromatic rings. The Labute approximate surface area is 237 Å². The minimum Gasteiger partial charge on any atom is -0.323 e. The molecule has 0 spiro atoms. The molecule has 2 heterocycles. The van der Waals surface area contributed by atoms with Crippen molar-refractivity contribution in [2.45, 2.75) is 80.9 Å². The van der Waals surface area contributed by atoms with Crippen LogP contribution in [0, 0.1) is 23.7 Å². The number of benzene rings is 1. The van der Waals surface area contributed by atoms with Gasteiger partial charge in [0.2, 0.25) is 16.9 Å². The van der Waals surface area contributed by atoms with E-state index in [2.05, 4.69) is 20.8 Å². The van der Waals surface area contributed by atoms with Crippen LogP contribution in [0.15, 0.2) is 29.2 Å². The summed E-state index contributed by atoms with van der Waals surface area (Å²) in [4.78, 5) is 27.6. The van der Waals surface area contributed by atoms with E-state index in [1.165, 1.54) is 16.2 Å². The molecule has 0 unspecified atom stereocenters. The lowest BCUT2D eigenvalue weighted by Gasteiger charge is -2.52. The van der Waals surface area contributed by atoms with Crippen LogP contribution in [0.1, 0.15) is 55.5 Å². The minimum absolute atomic E-state index is 0.0368. The third-order valence-electron chi connectivity index (χ3n) is 8.71. The van der Waals surface area contributed by atoms with Crippen LogP contribution >= 0.6 is 11.3 Å². The number of alkyl halides is 1. The Morgan fingerprint density at radius 3 is 2.48 bits per heavy atom. The van der Waals surface area contributed by atoms with Crippen molar-refractivity contribution in [1.82, 2.24) is 20.4 Å². The second-order valence-electron chi connectivity index (χ2n) is 11.3. The Kier molecular flexibility index (Phi) is 7.96. The molecule has 1 saturated heterocycles. The number of nitrogens with zero attached hydrogens (tertiary/aromatic N) is 4. The van der Waals surface area contributed by atoms with Gasteiger partial charge >= 0.3 is 0 Å². The molecule has 4 aliphatic rings. The standard InChI is InChI=1S/C27H33FN6O4S2/c1-18-2-4-21(5-3-18)40(37,38)13-6-22-32-33-25(39-22)31-24(36)26-7-10-27(11-8-26,12-9-26)30-16-23(35)34-17-19(28)14-20(34)15-29/h2-5,19-20,30H,6-14,16-17H2,1H3,(H,31,33,36)/t19-,20-,26?,27?/m0/s1. The number of amides is 2. The largest absolute Gasteiger partial charge is 0.323 e. The fraction of sp³-hybridized carbons (Fsp3) is 0.593. The fourth-order valence-electron chi connectivity index (χ4n) is 6.06. The number of rotatable bonds is 9. The predicted octanol–water partition coefficient (Wildman–Crippen LogP) is 2.95. The second kappa shape index (κ2) is 11.1. The van der Waals surface area contributed by atoms with Gasteiger partial charge in [-0.1, -0.05) is 29.0 Å². The number of nitriles is 1. The number of carbonyl (C=O) groups excluding carboxylic acids is 2. The minimum atomic E-state index is -3.45. The zero-order valence-corrected chi connectivity index (χ0v) is 24.0. The van der Waals surface area contributed by atoms with Gasteiger partial charge in [-0.05, 0) is 57.6 Å². The van der Waals surface area contributed by atoms with Crippen molar-refractivity contribution >= 4 is 38.1 Å². The highest BCUT2D eigenvalue weighted by Gasteiger charge is 2.52. The van der Waals surface area contributed by atoms with Gasteiger partial charge in [-0.3, -0.25) is 9.59 Å². The number of hydrogen-bond donors (Lipinski definition) is 2. The number of carbonyl (C=O) groups is 2. The molecule has 2 atom stereocenters. The first-order valence-electron chi connectivity index (χ1n) is 13.5. The summed E-state index contributed by atoms with van der Waals surface area (Å²) in [5.41, 5.74) is 0.227. The van der Waals surface area contributed by atoms with Gasteiger partial charge in [0.25, 0.3) is 0 Å². The number of fused-ring (bicyclic) bond motifs is 3. The quantitative estimate of drug-likeness (QED) is 0.455. The van der Waals surface area contributed by atoms with E-state index in [1.807, 2.05) is 13.0 Å². The summed E-state index contributed by atoms with van der Waals surface area (Å²) < 4.78 is 39.0. The van der Waals surface area contributed by atoms with Crippen LogP contribution < -0.4 is 10.6 Å². The smallest absolute Gasteiger partial charge is 0.237 e. The first kappa shape index (κ1) is 28.6. The zero-order valence-electron chi connectivity index (χ0n) is 22.4. The summed E-state index contributed by atoms with van der Waals surface area (Å²) in [6.45, 7) is 1.91. The summed E-state index contributed by atoms with van der Waals surface area (Å²) in [5.74, 6) is -0.460. The van der Waals surface area contributed by atoms with E-state index in [0.29, 0.717) is 29.4 Å². The highest BCUT2D eigenvalue weighted by Crippen LogP contribution is 2.52. The lowest BCUT2D eigenvalue weighted by Crippen LogP contribution is -2.59. The predicted molar refractivity (Wildman–Crippen MR) is 147 cm³/mol. The topological polar surface area (TPSA) is 145 Å². The highest BCUT2D eigenvalue weighted by molar-refractivity contribution is 7.91.